The van der Waals surface area contributed by atoms with Gasteiger partial charge in [-0.25, -0.2) is 0 Å². The lowest BCUT2D eigenvalue weighted by molar-refractivity contribution is 0.0930. The van der Waals surface area contributed by atoms with E-state index in [0.29, 0.717) is 18.2 Å². The van der Waals surface area contributed by atoms with Crippen molar-refractivity contribution in [3.63, 3.8) is 0 Å². The van der Waals surface area contributed by atoms with E-state index in [2.05, 4.69) is 10.5 Å². The van der Waals surface area contributed by atoms with Crippen molar-refractivity contribution in [2.75, 3.05) is 20.6 Å². The van der Waals surface area contributed by atoms with E-state index in [1.807, 2.05) is 31.1 Å². The number of likely N-dealkylation sites (N-methyl/N-ethyl adjacent to an activating group) is 1. The Bertz CT molecular complexity index is 599. The first kappa shape index (κ1) is 13.9. The Hall–Kier alpha value is -2.08. The quantitative estimate of drug-likeness (QED) is 0.882. The average molecular weight is 289 g/mol. The maximum Gasteiger partial charge on any atom is 0.273 e. The van der Waals surface area contributed by atoms with Crippen LogP contribution in [0, 0.1) is 0 Å². The van der Waals surface area contributed by atoms with E-state index in [-0.39, 0.29) is 11.9 Å². The molecule has 2 heterocycles. The fourth-order valence-electron chi connectivity index (χ4n) is 2.26. The van der Waals surface area contributed by atoms with Gasteiger partial charge in [-0.05, 0) is 39.1 Å². The van der Waals surface area contributed by atoms with Gasteiger partial charge in [0.05, 0.1) is 12.3 Å². The molecule has 2 aromatic heterocycles. The van der Waals surface area contributed by atoms with E-state index in [9.17, 15) is 4.79 Å². The lowest BCUT2D eigenvalue weighted by Crippen LogP contribution is -2.34. The number of hydrogen-bond acceptors (Lipinski definition) is 5. The molecule has 0 radical (unpaired) electrons. The normalized spacial score (nSPS) is 16.1. The molecule has 6 nitrogen and oxygen atoms in total. The fraction of sp³-hybridized carbons (Fsp3) is 0.467. The van der Waals surface area contributed by atoms with Crippen molar-refractivity contribution in [3.8, 4) is 0 Å². The van der Waals surface area contributed by atoms with Crippen LogP contribution < -0.4 is 5.32 Å². The summed E-state index contributed by atoms with van der Waals surface area (Å²) in [4.78, 5) is 14.1. The third-order valence-corrected chi connectivity index (χ3v) is 3.69. The number of aromatic nitrogens is 1. The van der Waals surface area contributed by atoms with Crippen LogP contribution >= 0.6 is 0 Å². The van der Waals surface area contributed by atoms with Crippen molar-refractivity contribution in [1.29, 1.82) is 0 Å². The Kier molecular flexibility index (Phi) is 3.79. The largest absolute Gasteiger partial charge is 0.468 e. The van der Waals surface area contributed by atoms with Crippen LogP contribution in [0.25, 0.3) is 0 Å². The predicted molar refractivity (Wildman–Crippen MR) is 75.9 cm³/mol. The summed E-state index contributed by atoms with van der Waals surface area (Å²) in [5.41, 5.74) is 0.342. The number of nitrogens with one attached hydrogen (secondary N) is 1. The zero-order valence-corrected chi connectivity index (χ0v) is 12.2. The van der Waals surface area contributed by atoms with Gasteiger partial charge in [0.15, 0.2) is 5.69 Å². The molecule has 0 unspecified atom stereocenters. The molecule has 0 bridgehead atoms. The van der Waals surface area contributed by atoms with Crippen LogP contribution in [0.15, 0.2) is 33.4 Å². The number of rotatable bonds is 6. The molecular weight excluding hydrogens is 270 g/mol. The first-order valence-electron chi connectivity index (χ1n) is 7.10. The van der Waals surface area contributed by atoms with Gasteiger partial charge >= 0.3 is 0 Å². The Morgan fingerprint density at radius 3 is 2.95 bits per heavy atom. The monoisotopic (exact) mass is 289 g/mol. The molecule has 6 heteroatoms. The van der Waals surface area contributed by atoms with Crippen LogP contribution in [-0.2, 0) is 0 Å². The van der Waals surface area contributed by atoms with Crippen molar-refractivity contribution in [2.45, 2.75) is 24.8 Å². The van der Waals surface area contributed by atoms with Crippen molar-refractivity contribution < 1.29 is 13.7 Å². The fourth-order valence-corrected chi connectivity index (χ4v) is 2.26. The van der Waals surface area contributed by atoms with E-state index < -0.39 is 0 Å². The molecule has 1 aliphatic rings. The smallest absolute Gasteiger partial charge is 0.273 e. The summed E-state index contributed by atoms with van der Waals surface area (Å²) in [6.07, 6.45) is 3.88. The Labute approximate surface area is 123 Å². The maximum atomic E-state index is 12.1. The van der Waals surface area contributed by atoms with Gasteiger partial charge in [0.2, 0.25) is 0 Å². The zero-order chi connectivity index (χ0) is 14.8. The molecule has 2 aromatic rings. The molecule has 0 aromatic carbocycles. The summed E-state index contributed by atoms with van der Waals surface area (Å²) >= 11 is 0. The van der Waals surface area contributed by atoms with Gasteiger partial charge in [-0.15, -0.1) is 0 Å². The second-order valence-corrected chi connectivity index (χ2v) is 5.59. The molecule has 1 N–H and O–H groups in total. The van der Waals surface area contributed by atoms with Crippen molar-refractivity contribution in [1.82, 2.24) is 15.4 Å². The minimum atomic E-state index is -0.218. The summed E-state index contributed by atoms with van der Waals surface area (Å²) in [5, 5.41) is 6.72. The lowest BCUT2D eigenvalue weighted by atomic mass is 10.2. The molecular formula is C15H19N3O3. The second kappa shape index (κ2) is 5.73. The summed E-state index contributed by atoms with van der Waals surface area (Å²) in [6, 6.07) is 5.47. The first-order valence-corrected chi connectivity index (χ1v) is 7.10. The van der Waals surface area contributed by atoms with Crippen LogP contribution in [-0.4, -0.2) is 36.6 Å². The summed E-state index contributed by atoms with van der Waals surface area (Å²) in [6.45, 7) is 0.449. The van der Waals surface area contributed by atoms with Crippen LogP contribution in [0.1, 0.15) is 46.8 Å². The van der Waals surface area contributed by atoms with Gasteiger partial charge in [-0.1, -0.05) is 5.16 Å². The molecule has 0 saturated heterocycles. The van der Waals surface area contributed by atoms with Crippen molar-refractivity contribution in [3.05, 3.63) is 41.7 Å². The molecule has 3 rings (SSSR count). The Morgan fingerprint density at radius 1 is 1.52 bits per heavy atom. The van der Waals surface area contributed by atoms with E-state index in [4.69, 9.17) is 8.94 Å². The van der Waals surface area contributed by atoms with Gasteiger partial charge in [0.1, 0.15) is 11.5 Å². The highest BCUT2D eigenvalue weighted by molar-refractivity contribution is 5.92. The summed E-state index contributed by atoms with van der Waals surface area (Å²) in [7, 11) is 3.89. The maximum absolute atomic E-state index is 12.1. The third-order valence-electron chi connectivity index (χ3n) is 3.69. The lowest BCUT2D eigenvalue weighted by Gasteiger charge is -2.22. The van der Waals surface area contributed by atoms with Gasteiger partial charge in [0.25, 0.3) is 5.91 Å². The van der Waals surface area contributed by atoms with E-state index in [1.165, 1.54) is 0 Å². The molecule has 112 valence electrons. The highest BCUT2D eigenvalue weighted by Gasteiger charge is 2.29. The highest BCUT2D eigenvalue weighted by Crippen LogP contribution is 2.40. The Morgan fingerprint density at radius 2 is 2.33 bits per heavy atom. The van der Waals surface area contributed by atoms with Gasteiger partial charge in [-0.3, -0.25) is 9.69 Å². The highest BCUT2D eigenvalue weighted by atomic mass is 16.5. The second-order valence-electron chi connectivity index (χ2n) is 5.59. The molecule has 0 aliphatic heterocycles. The molecule has 1 atom stereocenters. The zero-order valence-electron chi connectivity index (χ0n) is 12.2. The van der Waals surface area contributed by atoms with E-state index in [0.717, 1.165) is 24.4 Å². The topological polar surface area (TPSA) is 71.5 Å². The molecule has 1 saturated carbocycles. The third kappa shape index (κ3) is 3.16. The number of hydrogen-bond donors (Lipinski definition) is 1. The molecule has 0 spiro atoms. The molecule has 21 heavy (non-hydrogen) atoms. The van der Waals surface area contributed by atoms with Crippen molar-refractivity contribution in [2.24, 2.45) is 0 Å². The van der Waals surface area contributed by atoms with Crippen LogP contribution in [0.2, 0.25) is 0 Å². The number of carbonyl (C=O) groups excluding carboxylic acids is 1. The number of amides is 1. The first-order chi connectivity index (χ1) is 10.1. The van der Waals surface area contributed by atoms with Crippen molar-refractivity contribution >= 4 is 5.91 Å². The molecule has 1 fully saturated rings. The standard InChI is InChI=1S/C15H19N3O3/c1-18(2)12(13-4-3-7-20-13)9-16-15(19)11-8-14(21-17-11)10-5-6-10/h3-4,7-8,10,12H,5-6,9H2,1-2H3,(H,16,19)/t12-/m1/s1. The SMILES string of the molecule is CN(C)[C@H](CNC(=O)c1cc(C2CC2)on1)c1ccco1. The number of nitrogens with zero attached hydrogens (tertiary/aromatic N) is 2. The van der Waals surface area contributed by atoms with E-state index >= 15 is 0 Å². The minimum absolute atomic E-state index is 0.0150. The average Bonchev–Trinajstić information content (AvgIpc) is 2.98. The van der Waals surface area contributed by atoms with E-state index in [1.54, 1.807) is 12.3 Å². The van der Waals surface area contributed by atoms with Gasteiger partial charge in [-0.2, -0.15) is 0 Å². The van der Waals surface area contributed by atoms with Crippen LogP contribution in [0.4, 0.5) is 0 Å². The summed E-state index contributed by atoms with van der Waals surface area (Å²) in [5.74, 6) is 1.87. The van der Waals surface area contributed by atoms with Gasteiger partial charge < -0.3 is 14.3 Å². The number of carbonyl (C=O) groups is 1. The minimum Gasteiger partial charge on any atom is -0.468 e. The van der Waals surface area contributed by atoms with Crippen LogP contribution in [0.5, 0.6) is 0 Å². The summed E-state index contributed by atoms with van der Waals surface area (Å²) < 4.78 is 10.6. The Balaban J connectivity index is 1.60. The van der Waals surface area contributed by atoms with Crippen LogP contribution in [0.3, 0.4) is 0 Å². The van der Waals surface area contributed by atoms with Gasteiger partial charge in [0, 0.05) is 18.5 Å². The number of furan rings is 1. The molecule has 1 aliphatic carbocycles. The predicted octanol–water partition coefficient (Wildman–Crippen LogP) is 2.18. The molecule has 1 amide bonds.